The molecular formula is C21H24ClFN2O3. The molecule has 0 aromatic heterocycles. The highest BCUT2D eigenvalue weighted by atomic mass is 35.5. The third kappa shape index (κ3) is 4.75. The Morgan fingerprint density at radius 3 is 2.93 bits per heavy atom. The van der Waals surface area contributed by atoms with Crippen LogP contribution < -0.4 is 14.8 Å². The van der Waals surface area contributed by atoms with Crippen LogP contribution in [0.25, 0.3) is 0 Å². The molecule has 0 saturated heterocycles. The minimum atomic E-state index is -0.625. The van der Waals surface area contributed by atoms with Gasteiger partial charge in [0.05, 0.1) is 17.7 Å². The molecule has 0 spiro atoms. The van der Waals surface area contributed by atoms with E-state index in [1.807, 2.05) is 18.2 Å². The van der Waals surface area contributed by atoms with Gasteiger partial charge in [-0.15, -0.1) is 0 Å². The number of methoxy groups -OCH3 is 1. The molecule has 1 amide bonds. The predicted molar refractivity (Wildman–Crippen MR) is 107 cm³/mol. The fourth-order valence-electron chi connectivity index (χ4n) is 3.25. The topological polar surface area (TPSA) is 50.8 Å². The number of hydrogen-bond donors (Lipinski definition) is 1. The summed E-state index contributed by atoms with van der Waals surface area (Å²) < 4.78 is 25.3. The summed E-state index contributed by atoms with van der Waals surface area (Å²) in [7, 11) is 1.63. The molecule has 1 aliphatic rings. The number of hydrogen-bond acceptors (Lipinski definition) is 4. The van der Waals surface area contributed by atoms with Crippen LogP contribution in [0.15, 0.2) is 36.4 Å². The monoisotopic (exact) mass is 406 g/mol. The van der Waals surface area contributed by atoms with Crippen molar-refractivity contribution in [2.24, 2.45) is 0 Å². The Morgan fingerprint density at radius 1 is 1.39 bits per heavy atom. The Balaban J connectivity index is 1.65. The lowest BCUT2D eigenvalue weighted by Gasteiger charge is -2.23. The molecule has 5 nitrogen and oxygen atoms in total. The number of carbonyl (C=O) groups is 1. The van der Waals surface area contributed by atoms with E-state index in [9.17, 15) is 9.18 Å². The molecule has 1 heterocycles. The van der Waals surface area contributed by atoms with E-state index in [2.05, 4.69) is 17.1 Å². The van der Waals surface area contributed by atoms with Gasteiger partial charge in [-0.05, 0) is 36.8 Å². The lowest BCUT2D eigenvalue weighted by molar-refractivity contribution is 0.0939. The van der Waals surface area contributed by atoms with Gasteiger partial charge in [-0.2, -0.15) is 0 Å². The highest BCUT2D eigenvalue weighted by Gasteiger charge is 2.23. The summed E-state index contributed by atoms with van der Waals surface area (Å²) in [5.41, 5.74) is 0.920. The fourth-order valence-corrected chi connectivity index (χ4v) is 3.49. The maximum absolute atomic E-state index is 13.9. The second kappa shape index (κ2) is 9.26. The molecule has 2 aromatic rings. The largest absolute Gasteiger partial charge is 0.497 e. The molecule has 0 aliphatic carbocycles. The minimum absolute atomic E-state index is 0.0614. The molecule has 0 radical (unpaired) electrons. The van der Waals surface area contributed by atoms with E-state index >= 15 is 0 Å². The molecule has 3 rings (SSSR count). The van der Waals surface area contributed by atoms with Crippen molar-refractivity contribution in [2.75, 3.05) is 26.7 Å². The SMILES string of the molecule is CC[C@H]1CN(CCNC(=O)c2c(F)cccc2Cl)Cc2cc(OC)ccc2O1. The van der Waals surface area contributed by atoms with Gasteiger partial charge >= 0.3 is 0 Å². The zero-order valence-electron chi connectivity index (χ0n) is 16.0. The molecule has 0 bridgehead atoms. The van der Waals surface area contributed by atoms with Crippen molar-refractivity contribution in [2.45, 2.75) is 26.0 Å². The van der Waals surface area contributed by atoms with Gasteiger partial charge < -0.3 is 14.8 Å². The van der Waals surface area contributed by atoms with E-state index in [1.54, 1.807) is 7.11 Å². The zero-order chi connectivity index (χ0) is 20.1. The summed E-state index contributed by atoms with van der Waals surface area (Å²) >= 11 is 5.96. The van der Waals surface area contributed by atoms with Crippen molar-refractivity contribution in [3.05, 3.63) is 58.4 Å². The normalized spacial score (nSPS) is 16.6. The number of halogens is 2. The van der Waals surface area contributed by atoms with Crippen molar-refractivity contribution in [1.29, 1.82) is 0 Å². The minimum Gasteiger partial charge on any atom is -0.497 e. The van der Waals surface area contributed by atoms with Crippen molar-refractivity contribution in [1.82, 2.24) is 10.2 Å². The van der Waals surface area contributed by atoms with Crippen LogP contribution in [0.5, 0.6) is 11.5 Å². The molecule has 1 N–H and O–H groups in total. The number of amides is 1. The van der Waals surface area contributed by atoms with Gasteiger partial charge in [-0.3, -0.25) is 9.69 Å². The Labute approximate surface area is 169 Å². The van der Waals surface area contributed by atoms with Crippen molar-refractivity contribution < 1.29 is 18.7 Å². The second-order valence-corrected chi connectivity index (χ2v) is 7.12. The van der Waals surface area contributed by atoms with E-state index in [4.69, 9.17) is 21.1 Å². The maximum Gasteiger partial charge on any atom is 0.255 e. The van der Waals surface area contributed by atoms with Gasteiger partial charge in [-0.1, -0.05) is 24.6 Å². The van der Waals surface area contributed by atoms with E-state index < -0.39 is 11.7 Å². The van der Waals surface area contributed by atoms with Crippen LogP contribution in [0.3, 0.4) is 0 Å². The Morgan fingerprint density at radius 2 is 2.21 bits per heavy atom. The standard InChI is InChI=1S/C21H24ClFN2O3/c1-3-15-13-25(12-14-11-16(27-2)7-8-19(14)28-15)10-9-24-21(26)20-17(22)5-4-6-18(20)23/h4-8,11,15H,3,9-10,12-13H2,1-2H3,(H,24,26)/t15-/m0/s1. The first kappa shape index (κ1) is 20.4. The first-order valence-electron chi connectivity index (χ1n) is 9.30. The number of nitrogens with one attached hydrogen (secondary N) is 1. The third-order valence-corrected chi connectivity index (χ3v) is 5.09. The summed E-state index contributed by atoms with van der Waals surface area (Å²) in [5, 5.41) is 2.86. The van der Waals surface area contributed by atoms with Crippen LogP contribution >= 0.6 is 11.6 Å². The van der Waals surface area contributed by atoms with Crippen molar-refractivity contribution >= 4 is 17.5 Å². The van der Waals surface area contributed by atoms with E-state index in [0.29, 0.717) is 19.6 Å². The molecule has 7 heteroatoms. The molecule has 2 aromatic carbocycles. The molecule has 28 heavy (non-hydrogen) atoms. The summed E-state index contributed by atoms with van der Waals surface area (Å²) in [5.74, 6) is 0.501. The van der Waals surface area contributed by atoms with Crippen molar-refractivity contribution in [3.8, 4) is 11.5 Å². The van der Waals surface area contributed by atoms with Crippen LogP contribution in [-0.4, -0.2) is 43.7 Å². The van der Waals surface area contributed by atoms with Crippen LogP contribution in [0.4, 0.5) is 4.39 Å². The summed E-state index contributed by atoms with van der Waals surface area (Å²) in [6.45, 7) is 4.48. The molecule has 1 aliphatic heterocycles. The molecule has 0 unspecified atom stereocenters. The second-order valence-electron chi connectivity index (χ2n) is 6.71. The Bertz CT molecular complexity index is 826. The van der Waals surface area contributed by atoms with Crippen LogP contribution in [0.1, 0.15) is 29.3 Å². The summed E-state index contributed by atoms with van der Waals surface area (Å²) in [6, 6.07) is 9.99. The molecule has 0 fully saturated rings. The van der Waals surface area contributed by atoms with Crippen LogP contribution in [-0.2, 0) is 6.54 Å². The summed E-state index contributed by atoms with van der Waals surface area (Å²) in [6.07, 6.45) is 0.936. The first-order valence-corrected chi connectivity index (χ1v) is 9.67. The number of fused-ring (bicyclic) bond motifs is 1. The Hall–Kier alpha value is -2.31. The van der Waals surface area contributed by atoms with Gasteiger partial charge in [-0.25, -0.2) is 4.39 Å². The van der Waals surface area contributed by atoms with Gasteiger partial charge in [0.2, 0.25) is 0 Å². The molecule has 0 saturated carbocycles. The average Bonchev–Trinajstić information content (AvgIpc) is 2.85. The molecular weight excluding hydrogens is 383 g/mol. The number of ether oxygens (including phenoxy) is 2. The predicted octanol–water partition coefficient (Wildman–Crippen LogP) is 3.89. The smallest absolute Gasteiger partial charge is 0.255 e. The number of carbonyl (C=O) groups excluding carboxylic acids is 1. The maximum atomic E-state index is 13.9. The lowest BCUT2D eigenvalue weighted by atomic mass is 10.1. The van der Waals surface area contributed by atoms with Crippen molar-refractivity contribution in [3.63, 3.8) is 0 Å². The average molecular weight is 407 g/mol. The first-order chi connectivity index (χ1) is 13.5. The fraction of sp³-hybridized carbons (Fsp3) is 0.381. The van der Waals surface area contributed by atoms with Crippen LogP contribution in [0.2, 0.25) is 5.02 Å². The van der Waals surface area contributed by atoms with Gasteiger partial charge in [0.15, 0.2) is 0 Å². The number of benzene rings is 2. The highest BCUT2D eigenvalue weighted by Crippen LogP contribution is 2.29. The Kier molecular flexibility index (Phi) is 6.75. The molecule has 150 valence electrons. The van der Waals surface area contributed by atoms with Crippen LogP contribution in [0, 0.1) is 5.82 Å². The number of rotatable bonds is 6. The van der Waals surface area contributed by atoms with E-state index in [-0.39, 0.29) is 16.7 Å². The van der Waals surface area contributed by atoms with Gasteiger partial charge in [0.25, 0.3) is 5.91 Å². The number of nitrogens with zero attached hydrogens (tertiary/aromatic N) is 1. The van der Waals surface area contributed by atoms with Gasteiger partial charge in [0.1, 0.15) is 23.4 Å². The zero-order valence-corrected chi connectivity index (χ0v) is 16.8. The highest BCUT2D eigenvalue weighted by molar-refractivity contribution is 6.33. The summed E-state index contributed by atoms with van der Waals surface area (Å²) in [4.78, 5) is 14.5. The quantitative estimate of drug-likeness (QED) is 0.790. The van der Waals surface area contributed by atoms with E-state index in [0.717, 1.165) is 30.0 Å². The van der Waals surface area contributed by atoms with E-state index in [1.165, 1.54) is 18.2 Å². The van der Waals surface area contributed by atoms with Gasteiger partial charge in [0, 0.05) is 31.7 Å². The lowest BCUT2D eigenvalue weighted by Crippen LogP contribution is -2.38. The third-order valence-electron chi connectivity index (χ3n) is 4.78. The molecule has 1 atom stereocenters.